The summed E-state index contributed by atoms with van der Waals surface area (Å²) in [5.74, 6) is 0.839. The fourth-order valence-electron chi connectivity index (χ4n) is 2.77. The number of nitrogens with zero attached hydrogens (tertiary/aromatic N) is 1. The molecule has 0 saturated heterocycles. The van der Waals surface area contributed by atoms with Gasteiger partial charge >= 0.3 is 0 Å². The van der Waals surface area contributed by atoms with Crippen LogP contribution in [-0.4, -0.2) is 39.3 Å². The van der Waals surface area contributed by atoms with E-state index in [9.17, 15) is 9.90 Å². The molecule has 118 valence electrons. The van der Waals surface area contributed by atoms with Gasteiger partial charge in [0.05, 0.1) is 12.0 Å². The number of hydrogen-bond donors (Lipinski definition) is 2. The van der Waals surface area contributed by atoms with Crippen LogP contribution in [0.5, 0.6) is 0 Å². The number of aliphatic hydroxyl groups is 1. The van der Waals surface area contributed by atoms with Crippen molar-refractivity contribution >= 4 is 28.6 Å². The van der Waals surface area contributed by atoms with E-state index in [1.54, 1.807) is 11.8 Å². The Labute approximate surface area is 133 Å². The van der Waals surface area contributed by atoms with E-state index in [1.807, 2.05) is 24.3 Å². The van der Waals surface area contributed by atoms with Crippen LogP contribution in [0.4, 0.5) is 0 Å². The Morgan fingerprint density at radius 1 is 1.55 bits per heavy atom. The number of nitrogens with one attached hydrogen (secondary N) is 1. The summed E-state index contributed by atoms with van der Waals surface area (Å²) in [6, 6.07) is 7.48. The van der Waals surface area contributed by atoms with Crippen LogP contribution in [0, 0.1) is 0 Å². The molecule has 1 aliphatic rings. The maximum Gasteiger partial charge on any atom is 0.226 e. The molecule has 2 N–H and O–H groups in total. The third-order valence-electron chi connectivity index (χ3n) is 4.18. The summed E-state index contributed by atoms with van der Waals surface area (Å²) in [6.07, 6.45) is 1.93. The molecule has 1 fully saturated rings. The highest BCUT2D eigenvalue weighted by Crippen LogP contribution is 2.40. The summed E-state index contributed by atoms with van der Waals surface area (Å²) in [7, 11) is 0. The number of para-hydroxylation sites is 1. The first kappa shape index (κ1) is 15.4. The van der Waals surface area contributed by atoms with Gasteiger partial charge in [0.15, 0.2) is 5.58 Å². The Morgan fingerprint density at radius 3 is 3.09 bits per heavy atom. The molecule has 0 unspecified atom stereocenters. The van der Waals surface area contributed by atoms with Crippen LogP contribution >= 0.6 is 11.8 Å². The Bertz CT molecular complexity index is 672. The van der Waals surface area contributed by atoms with E-state index in [4.69, 9.17) is 4.52 Å². The van der Waals surface area contributed by atoms with E-state index in [2.05, 4.69) is 17.4 Å². The Balaban J connectivity index is 1.57. The number of amides is 1. The smallest absolute Gasteiger partial charge is 0.226 e. The van der Waals surface area contributed by atoms with Gasteiger partial charge in [-0.3, -0.25) is 4.79 Å². The first-order valence-electron chi connectivity index (χ1n) is 7.56. The Morgan fingerprint density at radius 2 is 2.36 bits per heavy atom. The molecular formula is C16H20N2O3S. The summed E-state index contributed by atoms with van der Waals surface area (Å²) in [5.41, 5.74) is 0.554. The molecule has 0 aliphatic heterocycles. The van der Waals surface area contributed by atoms with Crippen molar-refractivity contribution in [3.63, 3.8) is 0 Å². The zero-order chi connectivity index (χ0) is 15.6. The molecule has 1 amide bonds. The fourth-order valence-corrected chi connectivity index (χ4v) is 3.97. The second kappa shape index (κ2) is 6.30. The molecule has 5 nitrogen and oxygen atoms in total. The fraction of sp³-hybridized carbons (Fsp3) is 0.500. The number of aromatic nitrogens is 1. The lowest BCUT2D eigenvalue weighted by molar-refractivity contribution is -0.122. The molecular weight excluding hydrogens is 300 g/mol. The second-order valence-corrected chi connectivity index (χ2v) is 7.14. The van der Waals surface area contributed by atoms with Gasteiger partial charge in [-0.15, -0.1) is 0 Å². The lowest BCUT2D eigenvalue weighted by Gasteiger charge is -2.45. The quantitative estimate of drug-likeness (QED) is 0.853. The number of carbonyl (C=O) groups excluding carboxylic acids is 1. The Kier molecular flexibility index (Phi) is 4.40. The molecule has 1 saturated carbocycles. The average Bonchev–Trinajstić information content (AvgIpc) is 2.92. The molecule has 1 aliphatic carbocycles. The minimum absolute atomic E-state index is 0.139. The van der Waals surface area contributed by atoms with Crippen molar-refractivity contribution in [2.75, 3.05) is 12.3 Å². The largest absolute Gasteiger partial charge is 0.387 e. The van der Waals surface area contributed by atoms with Crippen molar-refractivity contribution in [2.45, 2.75) is 37.0 Å². The molecule has 6 heteroatoms. The van der Waals surface area contributed by atoms with Crippen LogP contribution in [0.25, 0.3) is 11.0 Å². The lowest BCUT2D eigenvalue weighted by atomic mass is 9.79. The first-order chi connectivity index (χ1) is 10.6. The van der Waals surface area contributed by atoms with E-state index in [0.29, 0.717) is 17.8 Å². The summed E-state index contributed by atoms with van der Waals surface area (Å²) < 4.78 is 5.19. The number of fused-ring (bicyclic) bond motifs is 1. The maximum absolute atomic E-state index is 12.1. The molecule has 1 heterocycles. The van der Waals surface area contributed by atoms with Gasteiger partial charge in [0.25, 0.3) is 0 Å². The van der Waals surface area contributed by atoms with Crippen molar-refractivity contribution in [1.82, 2.24) is 10.5 Å². The standard InChI is InChI=1S/C16H20N2O3S/c1-2-22-14-7-8-16(14,20)10-17-15(19)9-12-11-5-3-4-6-13(11)21-18-12/h3-6,14,20H,2,7-10H2,1H3,(H,17,19)/t14-,16+/m1/s1. The van der Waals surface area contributed by atoms with Crippen molar-refractivity contribution in [2.24, 2.45) is 0 Å². The van der Waals surface area contributed by atoms with Crippen LogP contribution in [-0.2, 0) is 11.2 Å². The van der Waals surface area contributed by atoms with Gasteiger partial charge in [-0.2, -0.15) is 11.8 Å². The van der Waals surface area contributed by atoms with Gasteiger partial charge in [-0.1, -0.05) is 24.2 Å². The van der Waals surface area contributed by atoms with Gasteiger partial charge in [-0.05, 0) is 30.7 Å². The van der Waals surface area contributed by atoms with E-state index in [0.717, 1.165) is 24.0 Å². The number of thioether (sulfide) groups is 1. The topological polar surface area (TPSA) is 75.4 Å². The van der Waals surface area contributed by atoms with Gasteiger partial charge in [-0.25, -0.2) is 0 Å². The third kappa shape index (κ3) is 2.98. The van der Waals surface area contributed by atoms with Gasteiger partial charge in [0.2, 0.25) is 5.91 Å². The van der Waals surface area contributed by atoms with Crippen molar-refractivity contribution in [3.8, 4) is 0 Å². The number of rotatable bonds is 6. The predicted octanol–water partition coefficient (Wildman–Crippen LogP) is 2.13. The lowest BCUT2D eigenvalue weighted by Crippen LogP contribution is -2.57. The molecule has 3 rings (SSSR count). The van der Waals surface area contributed by atoms with E-state index in [-0.39, 0.29) is 17.6 Å². The van der Waals surface area contributed by atoms with Gasteiger partial charge < -0.3 is 14.9 Å². The number of benzene rings is 1. The van der Waals surface area contributed by atoms with Crippen molar-refractivity contribution in [1.29, 1.82) is 0 Å². The second-order valence-electron chi connectivity index (χ2n) is 5.67. The predicted molar refractivity (Wildman–Crippen MR) is 86.8 cm³/mol. The number of hydrogen-bond acceptors (Lipinski definition) is 5. The Hall–Kier alpha value is -1.53. The van der Waals surface area contributed by atoms with Crippen LogP contribution in [0.3, 0.4) is 0 Å². The van der Waals surface area contributed by atoms with Crippen molar-refractivity contribution < 1.29 is 14.4 Å². The minimum Gasteiger partial charge on any atom is -0.387 e. The maximum atomic E-state index is 12.1. The van der Waals surface area contributed by atoms with Crippen LogP contribution in [0.15, 0.2) is 28.8 Å². The molecule has 1 aromatic carbocycles. The zero-order valence-electron chi connectivity index (χ0n) is 12.5. The zero-order valence-corrected chi connectivity index (χ0v) is 13.4. The average molecular weight is 320 g/mol. The molecule has 1 aromatic heterocycles. The monoisotopic (exact) mass is 320 g/mol. The molecule has 2 aromatic rings. The number of carbonyl (C=O) groups is 1. The molecule has 2 atom stereocenters. The molecule has 22 heavy (non-hydrogen) atoms. The highest BCUT2D eigenvalue weighted by molar-refractivity contribution is 8.00. The first-order valence-corrected chi connectivity index (χ1v) is 8.61. The summed E-state index contributed by atoms with van der Waals surface area (Å²) >= 11 is 1.76. The highest BCUT2D eigenvalue weighted by Gasteiger charge is 2.45. The minimum atomic E-state index is -0.762. The summed E-state index contributed by atoms with van der Waals surface area (Å²) in [4.78, 5) is 12.1. The normalized spacial score (nSPS) is 24.2. The SMILES string of the molecule is CCS[C@@H]1CC[C@]1(O)CNC(=O)Cc1noc2ccccc12. The van der Waals surface area contributed by atoms with Crippen molar-refractivity contribution in [3.05, 3.63) is 30.0 Å². The highest BCUT2D eigenvalue weighted by atomic mass is 32.2. The van der Waals surface area contributed by atoms with Crippen LogP contribution in [0.1, 0.15) is 25.5 Å². The summed E-state index contributed by atoms with van der Waals surface area (Å²) in [5, 5.41) is 18.4. The van der Waals surface area contributed by atoms with E-state index in [1.165, 1.54) is 0 Å². The third-order valence-corrected chi connectivity index (χ3v) is 5.59. The van der Waals surface area contributed by atoms with Crippen LogP contribution < -0.4 is 5.32 Å². The van der Waals surface area contributed by atoms with Gasteiger partial charge in [0.1, 0.15) is 5.69 Å². The molecule has 0 radical (unpaired) electrons. The molecule has 0 spiro atoms. The van der Waals surface area contributed by atoms with Crippen LogP contribution in [0.2, 0.25) is 0 Å². The summed E-state index contributed by atoms with van der Waals surface area (Å²) in [6.45, 7) is 2.39. The molecule has 0 bridgehead atoms. The van der Waals surface area contributed by atoms with E-state index < -0.39 is 5.60 Å². The van der Waals surface area contributed by atoms with E-state index >= 15 is 0 Å². The van der Waals surface area contributed by atoms with Gasteiger partial charge in [0, 0.05) is 17.2 Å².